The van der Waals surface area contributed by atoms with Crippen LogP contribution in [0.2, 0.25) is 0 Å². The van der Waals surface area contributed by atoms with E-state index in [9.17, 15) is 9.18 Å². The molecule has 24 heavy (non-hydrogen) atoms. The number of aliphatic hydroxyl groups is 1. The van der Waals surface area contributed by atoms with Crippen molar-refractivity contribution >= 4 is 17.3 Å². The summed E-state index contributed by atoms with van der Waals surface area (Å²) in [6, 6.07) is 11.9. The third-order valence-corrected chi connectivity index (χ3v) is 4.27. The molecule has 3 rings (SSSR count). The van der Waals surface area contributed by atoms with E-state index in [2.05, 4.69) is 5.32 Å². The van der Waals surface area contributed by atoms with Crippen LogP contribution in [0.1, 0.15) is 28.8 Å². The summed E-state index contributed by atoms with van der Waals surface area (Å²) in [5.74, 6) is -0.695. The standard InChI is InChI=1S/C19H21FN2O2/c20-17-13-15(5-8-18(17)22-10-1-2-11-22)19(24)21-16-6-3-14(4-7-16)9-12-23/h3-8,13,23H,1-2,9-12H2,(H,21,24). The van der Waals surface area contributed by atoms with Gasteiger partial charge >= 0.3 is 0 Å². The van der Waals surface area contributed by atoms with Crippen molar-refractivity contribution in [3.05, 3.63) is 59.4 Å². The highest BCUT2D eigenvalue weighted by atomic mass is 19.1. The number of hydrogen-bond acceptors (Lipinski definition) is 3. The lowest BCUT2D eigenvalue weighted by Gasteiger charge is -2.18. The summed E-state index contributed by atoms with van der Waals surface area (Å²) in [6.07, 6.45) is 2.74. The highest BCUT2D eigenvalue weighted by molar-refractivity contribution is 6.04. The lowest BCUT2D eigenvalue weighted by atomic mass is 10.1. The lowest BCUT2D eigenvalue weighted by Crippen LogP contribution is -2.19. The van der Waals surface area contributed by atoms with Gasteiger partial charge in [0.25, 0.3) is 5.91 Å². The Morgan fingerprint density at radius 2 is 1.83 bits per heavy atom. The number of nitrogens with one attached hydrogen (secondary N) is 1. The lowest BCUT2D eigenvalue weighted by molar-refractivity contribution is 0.102. The van der Waals surface area contributed by atoms with Crippen LogP contribution in [0, 0.1) is 5.82 Å². The van der Waals surface area contributed by atoms with Crippen molar-refractivity contribution in [1.82, 2.24) is 0 Å². The summed E-state index contributed by atoms with van der Waals surface area (Å²) in [5.41, 5.74) is 2.51. The van der Waals surface area contributed by atoms with E-state index >= 15 is 0 Å². The second kappa shape index (κ2) is 7.45. The smallest absolute Gasteiger partial charge is 0.255 e. The van der Waals surface area contributed by atoms with E-state index < -0.39 is 0 Å². The Hall–Kier alpha value is -2.40. The Balaban J connectivity index is 1.69. The third kappa shape index (κ3) is 3.74. The highest BCUT2D eigenvalue weighted by Crippen LogP contribution is 2.24. The molecule has 0 atom stereocenters. The molecule has 0 aliphatic carbocycles. The van der Waals surface area contributed by atoms with Gasteiger partial charge in [0.15, 0.2) is 0 Å². The fourth-order valence-corrected chi connectivity index (χ4v) is 2.95. The van der Waals surface area contributed by atoms with Crippen molar-refractivity contribution in [1.29, 1.82) is 0 Å². The monoisotopic (exact) mass is 328 g/mol. The molecule has 1 heterocycles. The molecule has 0 radical (unpaired) electrons. The molecule has 1 amide bonds. The Labute approximate surface area is 140 Å². The minimum atomic E-state index is -0.358. The molecule has 0 unspecified atom stereocenters. The molecule has 2 N–H and O–H groups in total. The van der Waals surface area contributed by atoms with Crippen LogP contribution in [0.25, 0.3) is 0 Å². The van der Waals surface area contributed by atoms with Crippen LogP contribution in [0.3, 0.4) is 0 Å². The van der Waals surface area contributed by atoms with Crippen LogP contribution in [-0.4, -0.2) is 30.7 Å². The molecule has 2 aromatic rings. The van der Waals surface area contributed by atoms with Crippen LogP contribution in [0.15, 0.2) is 42.5 Å². The molecule has 1 aliphatic rings. The molecule has 1 fully saturated rings. The minimum Gasteiger partial charge on any atom is -0.396 e. The number of carbonyl (C=O) groups excluding carboxylic acids is 1. The average Bonchev–Trinajstić information content (AvgIpc) is 3.11. The van der Waals surface area contributed by atoms with Gasteiger partial charge in [0.05, 0.1) is 5.69 Å². The van der Waals surface area contributed by atoms with Gasteiger partial charge in [-0.2, -0.15) is 0 Å². The summed E-state index contributed by atoms with van der Waals surface area (Å²) in [6.45, 7) is 1.82. The number of rotatable bonds is 5. The molecule has 1 saturated heterocycles. The number of benzene rings is 2. The van der Waals surface area contributed by atoms with Crippen LogP contribution in [0.4, 0.5) is 15.8 Å². The van der Waals surface area contributed by atoms with Gasteiger partial charge in [-0.1, -0.05) is 12.1 Å². The zero-order valence-electron chi connectivity index (χ0n) is 13.5. The number of halogens is 1. The van der Waals surface area contributed by atoms with Crippen molar-refractivity contribution in [2.45, 2.75) is 19.3 Å². The Kier molecular flexibility index (Phi) is 5.11. The van der Waals surface area contributed by atoms with Crippen LogP contribution in [0.5, 0.6) is 0 Å². The molecule has 0 saturated carbocycles. The van der Waals surface area contributed by atoms with E-state index in [1.165, 1.54) is 6.07 Å². The highest BCUT2D eigenvalue weighted by Gasteiger charge is 2.17. The van der Waals surface area contributed by atoms with Crippen molar-refractivity contribution in [2.24, 2.45) is 0 Å². The van der Waals surface area contributed by atoms with E-state index in [1.807, 2.05) is 17.0 Å². The molecule has 5 heteroatoms. The van der Waals surface area contributed by atoms with E-state index in [0.717, 1.165) is 31.5 Å². The van der Waals surface area contributed by atoms with E-state index in [1.54, 1.807) is 24.3 Å². The molecular formula is C19H21FN2O2. The predicted octanol–water partition coefficient (Wildman–Crippen LogP) is 3.21. The molecular weight excluding hydrogens is 307 g/mol. The normalized spacial score (nSPS) is 14.0. The number of hydrogen-bond donors (Lipinski definition) is 2. The number of anilines is 2. The number of nitrogens with zero attached hydrogens (tertiary/aromatic N) is 1. The molecule has 4 nitrogen and oxygen atoms in total. The quantitative estimate of drug-likeness (QED) is 0.886. The van der Waals surface area contributed by atoms with Gasteiger partial charge in [0.1, 0.15) is 5.82 Å². The summed E-state index contributed by atoms with van der Waals surface area (Å²) >= 11 is 0. The maximum atomic E-state index is 14.3. The Bertz CT molecular complexity index is 710. The van der Waals surface area contributed by atoms with Crippen molar-refractivity contribution in [3.63, 3.8) is 0 Å². The first-order valence-electron chi connectivity index (χ1n) is 8.23. The topological polar surface area (TPSA) is 52.6 Å². The number of amides is 1. The van der Waals surface area contributed by atoms with Gasteiger partial charge in [-0.3, -0.25) is 4.79 Å². The molecule has 1 aliphatic heterocycles. The van der Waals surface area contributed by atoms with Crippen LogP contribution < -0.4 is 10.2 Å². The van der Waals surface area contributed by atoms with Gasteiger partial charge in [-0.15, -0.1) is 0 Å². The van der Waals surface area contributed by atoms with E-state index in [-0.39, 0.29) is 18.3 Å². The van der Waals surface area contributed by atoms with E-state index in [4.69, 9.17) is 5.11 Å². The zero-order valence-corrected chi connectivity index (χ0v) is 13.5. The van der Waals surface area contributed by atoms with Gasteiger partial charge in [-0.05, 0) is 55.2 Å². The second-order valence-corrected chi connectivity index (χ2v) is 5.99. The van der Waals surface area contributed by atoms with Gasteiger partial charge in [0, 0.05) is 30.9 Å². The molecule has 2 aromatic carbocycles. The van der Waals surface area contributed by atoms with Crippen molar-refractivity contribution in [3.8, 4) is 0 Å². The van der Waals surface area contributed by atoms with Gasteiger partial charge in [-0.25, -0.2) is 4.39 Å². The van der Waals surface area contributed by atoms with Gasteiger partial charge in [0.2, 0.25) is 0 Å². The SMILES string of the molecule is O=C(Nc1ccc(CCO)cc1)c1ccc(N2CCCC2)c(F)c1. The average molecular weight is 328 g/mol. The number of carbonyl (C=O) groups is 1. The number of aliphatic hydroxyl groups excluding tert-OH is 1. The first-order valence-corrected chi connectivity index (χ1v) is 8.23. The third-order valence-electron chi connectivity index (χ3n) is 4.27. The maximum absolute atomic E-state index is 14.3. The summed E-state index contributed by atoms with van der Waals surface area (Å²) < 4.78 is 14.3. The largest absolute Gasteiger partial charge is 0.396 e. The van der Waals surface area contributed by atoms with Crippen LogP contribution >= 0.6 is 0 Å². The van der Waals surface area contributed by atoms with Crippen molar-refractivity contribution in [2.75, 3.05) is 29.9 Å². The van der Waals surface area contributed by atoms with Crippen LogP contribution in [-0.2, 0) is 6.42 Å². The maximum Gasteiger partial charge on any atom is 0.255 e. The first-order chi connectivity index (χ1) is 11.7. The summed E-state index contributed by atoms with van der Waals surface area (Å²) in [5, 5.41) is 11.7. The summed E-state index contributed by atoms with van der Waals surface area (Å²) in [7, 11) is 0. The Morgan fingerprint density at radius 3 is 2.46 bits per heavy atom. The fraction of sp³-hybridized carbons (Fsp3) is 0.316. The summed E-state index contributed by atoms with van der Waals surface area (Å²) in [4.78, 5) is 14.3. The first kappa shape index (κ1) is 16.5. The predicted molar refractivity (Wildman–Crippen MR) is 93.0 cm³/mol. The Morgan fingerprint density at radius 1 is 1.12 bits per heavy atom. The van der Waals surface area contributed by atoms with E-state index in [0.29, 0.717) is 23.4 Å². The second-order valence-electron chi connectivity index (χ2n) is 5.99. The molecule has 126 valence electrons. The molecule has 0 spiro atoms. The minimum absolute atomic E-state index is 0.0916. The van der Waals surface area contributed by atoms with Crippen molar-refractivity contribution < 1.29 is 14.3 Å². The zero-order chi connectivity index (χ0) is 16.9. The molecule has 0 bridgehead atoms. The molecule has 0 aromatic heterocycles. The van der Waals surface area contributed by atoms with Gasteiger partial charge < -0.3 is 15.3 Å². The fourth-order valence-electron chi connectivity index (χ4n) is 2.95.